The maximum Gasteiger partial charge on any atom is 0.165 e. The molecule has 88 valence electrons. The zero-order chi connectivity index (χ0) is 12.3. The minimum atomic E-state index is -0.882. The van der Waals surface area contributed by atoms with Gasteiger partial charge in [-0.3, -0.25) is 0 Å². The van der Waals surface area contributed by atoms with Crippen LogP contribution < -0.4 is 4.74 Å². The zero-order valence-corrected chi connectivity index (χ0v) is 10.2. The van der Waals surface area contributed by atoms with Crippen molar-refractivity contribution in [2.24, 2.45) is 0 Å². The summed E-state index contributed by atoms with van der Waals surface area (Å²) in [4.78, 5) is 3.96. The lowest BCUT2D eigenvalue weighted by molar-refractivity contribution is 0.294. The first-order valence-electron chi connectivity index (χ1n) is 4.84. The highest BCUT2D eigenvalue weighted by molar-refractivity contribution is 9.10. The van der Waals surface area contributed by atoms with Gasteiger partial charge in [-0.15, -0.1) is 0 Å². The molecule has 17 heavy (non-hydrogen) atoms. The Morgan fingerprint density at radius 3 is 2.76 bits per heavy atom. The summed E-state index contributed by atoms with van der Waals surface area (Å²) in [6, 6.07) is 7.37. The van der Waals surface area contributed by atoms with Crippen LogP contribution in [-0.4, -0.2) is 4.98 Å². The minimum absolute atomic E-state index is 0.0477. The average Bonchev–Trinajstić information content (AvgIpc) is 2.33. The maximum absolute atomic E-state index is 13.3. The van der Waals surface area contributed by atoms with Crippen molar-refractivity contribution in [3.8, 4) is 5.75 Å². The van der Waals surface area contributed by atoms with Crippen LogP contribution in [0, 0.1) is 11.6 Å². The molecule has 0 saturated heterocycles. The van der Waals surface area contributed by atoms with E-state index in [1.807, 2.05) is 0 Å². The Bertz CT molecular complexity index is 534. The number of halogens is 3. The van der Waals surface area contributed by atoms with E-state index in [9.17, 15) is 8.78 Å². The highest BCUT2D eigenvalue weighted by Gasteiger charge is 2.09. The molecule has 0 radical (unpaired) electrons. The zero-order valence-electron chi connectivity index (χ0n) is 8.66. The number of benzene rings is 1. The predicted molar refractivity (Wildman–Crippen MR) is 62.6 cm³/mol. The van der Waals surface area contributed by atoms with Gasteiger partial charge in [0, 0.05) is 11.8 Å². The summed E-state index contributed by atoms with van der Waals surface area (Å²) in [5.74, 6) is -1.28. The summed E-state index contributed by atoms with van der Waals surface area (Å²) >= 11 is 3.20. The first-order chi connectivity index (χ1) is 8.18. The van der Waals surface area contributed by atoms with E-state index >= 15 is 0 Å². The molecular formula is C12H8BrF2NO. The van der Waals surface area contributed by atoms with Crippen LogP contribution in [0.1, 0.15) is 5.56 Å². The van der Waals surface area contributed by atoms with Crippen LogP contribution in [0.3, 0.4) is 0 Å². The third kappa shape index (κ3) is 2.79. The van der Waals surface area contributed by atoms with Crippen LogP contribution in [0.2, 0.25) is 0 Å². The molecule has 1 heterocycles. The van der Waals surface area contributed by atoms with E-state index in [2.05, 4.69) is 20.9 Å². The SMILES string of the molecule is Fc1cccc(COc2cccnc2Br)c1F. The van der Waals surface area contributed by atoms with Crippen molar-refractivity contribution in [2.75, 3.05) is 0 Å². The van der Waals surface area contributed by atoms with Gasteiger partial charge in [-0.25, -0.2) is 13.8 Å². The van der Waals surface area contributed by atoms with E-state index in [-0.39, 0.29) is 12.2 Å². The van der Waals surface area contributed by atoms with Crippen molar-refractivity contribution in [3.05, 3.63) is 58.3 Å². The van der Waals surface area contributed by atoms with Crippen LogP contribution in [0.4, 0.5) is 8.78 Å². The number of ether oxygens (including phenoxy) is 1. The van der Waals surface area contributed by atoms with E-state index in [1.165, 1.54) is 12.1 Å². The Hall–Kier alpha value is -1.49. The van der Waals surface area contributed by atoms with Gasteiger partial charge in [0.1, 0.15) is 11.2 Å². The van der Waals surface area contributed by atoms with Gasteiger partial charge in [0.25, 0.3) is 0 Å². The van der Waals surface area contributed by atoms with Gasteiger partial charge in [0.15, 0.2) is 17.4 Å². The van der Waals surface area contributed by atoms with Crippen molar-refractivity contribution in [3.63, 3.8) is 0 Å². The molecule has 0 N–H and O–H groups in total. The third-order valence-corrected chi connectivity index (χ3v) is 2.74. The van der Waals surface area contributed by atoms with Crippen LogP contribution >= 0.6 is 15.9 Å². The van der Waals surface area contributed by atoms with Crippen molar-refractivity contribution in [1.29, 1.82) is 0 Å². The smallest absolute Gasteiger partial charge is 0.165 e. The van der Waals surface area contributed by atoms with Crippen LogP contribution in [0.25, 0.3) is 0 Å². The Kier molecular flexibility index (Phi) is 3.68. The van der Waals surface area contributed by atoms with E-state index in [0.717, 1.165) is 6.07 Å². The minimum Gasteiger partial charge on any atom is -0.486 e. The second-order valence-corrected chi connectivity index (χ2v) is 4.05. The molecular weight excluding hydrogens is 292 g/mol. The molecule has 0 bridgehead atoms. The summed E-state index contributed by atoms with van der Waals surface area (Å²) in [6.07, 6.45) is 1.60. The Morgan fingerprint density at radius 1 is 1.18 bits per heavy atom. The number of aromatic nitrogens is 1. The Balaban J connectivity index is 2.13. The molecule has 5 heteroatoms. The van der Waals surface area contributed by atoms with Crippen molar-refractivity contribution in [1.82, 2.24) is 4.98 Å². The molecule has 0 amide bonds. The standard InChI is InChI=1S/C12H8BrF2NO/c13-12-10(5-2-6-16-12)17-7-8-3-1-4-9(14)11(8)15/h1-6H,7H2. The summed E-state index contributed by atoms with van der Waals surface area (Å²) in [5, 5.41) is 0. The molecule has 0 fully saturated rings. The first kappa shape index (κ1) is 12.0. The Labute approximate surface area is 105 Å². The molecule has 0 aliphatic heterocycles. The van der Waals surface area contributed by atoms with E-state index in [4.69, 9.17) is 4.74 Å². The molecule has 1 aromatic carbocycles. The Morgan fingerprint density at radius 2 is 2.00 bits per heavy atom. The number of rotatable bonds is 3. The monoisotopic (exact) mass is 299 g/mol. The number of nitrogens with zero attached hydrogens (tertiary/aromatic N) is 1. The second kappa shape index (κ2) is 5.23. The van der Waals surface area contributed by atoms with Crippen molar-refractivity contribution in [2.45, 2.75) is 6.61 Å². The highest BCUT2D eigenvalue weighted by atomic mass is 79.9. The average molecular weight is 300 g/mol. The van der Waals surface area contributed by atoms with Gasteiger partial charge in [-0.1, -0.05) is 12.1 Å². The number of pyridine rings is 1. The second-order valence-electron chi connectivity index (χ2n) is 3.29. The van der Waals surface area contributed by atoms with Gasteiger partial charge in [0.2, 0.25) is 0 Å². The van der Waals surface area contributed by atoms with Gasteiger partial charge >= 0.3 is 0 Å². The summed E-state index contributed by atoms with van der Waals surface area (Å²) in [6.45, 7) is -0.0477. The molecule has 2 nitrogen and oxygen atoms in total. The third-order valence-electron chi connectivity index (χ3n) is 2.14. The fourth-order valence-corrected chi connectivity index (χ4v) is 1.66. The summed E-state index contributed by atoms with van der Waals surface area (Å²) in [7, 11) is 0. The quantitative estimate of drug-likeness (QED) is 0.806. The number of hydrogen-bond donors (Lipinski definition) is 0. The molecule has 0 saturated carbocycles. The fourth-order valence-electron chi connectivity index (χ4n) is 1.29. The van der Waals surface area contributed by atoms with Crippen LogP contribution in [0.5, 0.6) is 5.75 Å². The van der Waals surface area contributed by atoms with Crippen molar-refractivity contribution < 1.29 is 13.5 Å². The molecule has 0 unspecified atom stereocenters. The molecule has 0 aliphatic rings. The summed E-state index contributed by atoms with van der Waals surface area (Å²) < 4.78 is 32.1. The van der Waals surface area contributed by atoms with Crippen LogP contribution in [-0.2, 0) is 6.61 Å². The first-order valence-corrected chi connectivity index (χ1v) is 5.64. The van der Waals surface area contributed by atoms with Crippen LogP contribution in [0.15, 0.2) is 41.1 Å². The fraction of sp³-hybridized carbons (Fsp3) is 0.0833. The van der Waals surface area contributed by atoms with Crippen molar-refractivity contribution >= 4 is 15.9 Å². The lowest BCUT2D eigenvalue weighted by atomic mass is 10.2. The van der Waals surface area contributed by atoms with Gasteiger partial charge in [0.05, 0.1) is 0 Å². The van der Waals surface area contributed by atoms with Gasteiger partial charge < -0.3 is 4.74 Å². The number of hydrogen-bond acceptors (Lipinski definition) is 2. The highest BCUT2D eigenvalue weighted by Crippen LogP contribution is 2.22. The molecule has 2 aromatic rings. The van der Waals surface area contributed by atoms with Gasteiger partial charge in [-0.2, -0.15) is 0 Å². The van der Waals surface area contributed by atoms with E-state index < -0.39 is 11.6 Å². The topological polar surface area (TPSA) is 22.1 Å². The van der Waals surface area contributed by atoms with E-state index in [0.29, 0.717) is 10.4 Å². The molecule has 0 atom stereocenters. The van der Waals surface area contributed by atoms with Gasteiger partial charge in [-0.05, 0) is 34.1 Å². The predicted octanol–water partition coefficient (Wildman–Crippen LogP) is 3.70. The molecule has 1 aromatic heterocycles. The largest absolute Gasteiger partial charge is 0.486 e. The molecule has 0 aliphatic carbocycles. The molecule has 0 spiro atoms. The lowest BCUT2D eigenvalue weighted by Gasteiger charge is -2.08. The normalized spacial score (nSPS) is 10.3. The lowest BCUT2D eigenvalue weighted by Crippen LogP contribution is -2.01. The maximum atomic E-state index is 13.3. The molecule has 2 rings (SSSR count). The summed E-state index contributed by atoms with van der Waals surface area (Å²) in [5.41, 5.74) is 0.167. The van der Waals surface area contributed by atoms with E-state index in [1.54, 1.807) is 18.3 Å².